The van der Waals surface area contributed by atoms with Gasteiger partial charge in [-0.05, 0) is 65.2 Å². The van der Waals surface area contributed by atoms with Gasteiger partial charge in [0.1, 0.15) is 5.60 Å². The van der Waals surface area contributed by atoms with Crippen LogP contribution in [0.1, 0.15) is 53.0 Å². The average molecular weight is 361 g/mol. The van der Waals surface area contributed by atoms with Crippen LogP contribution in [-0.2, 0) is 16.1 Å². The van der Waals surface area contributed by atoms with Crippen molar-refractivity contribution >= 4 is 12.0 Å². The van der Waals surface area contributed by atoms with Crippen molar-refractivity contribution in [2.24, 2.45) is 5.92 Å². The third kappa shape index (κ3) is 5.71. The van der Waals surface area contributed by atoms with E-state index in [9.17, 15) is 9.59 Å². The van der Waals surface area contributed by atoms with Gasteiger partial charge in [-0.2, -0.15) is 0 Å². The number of piperidine rings is 1. The Morgan fingerprint density at radius 1 is 1.31 bits per heavy atom. The molecule has 0 bridgehead atoms. The SMILES string of the molecule is CC(C)N(Cc1ccncc1)C(=O)[C@@H]1CCCN(C(=O)OC(C)(C)C)C1. The largest absolute Gasteiger partial charge is 0.444 e. The molecular formula is C20H31N3O3. The number of amides is 2. The molecule has 2 rings (SSSR count). The Morgan fingerprint density at radius 2 is 1.96 bits per heavy atom. The highest BCUT2D eigenvalue weighted by molar-refractivity contribution is 5.80. The summed E-state index contributed by atoms with van der Waals surface area (Å²) in [6.07, 6.45) is 4.76. The smallest absolute Gasteiger partial charge is 0.410 e. The maximum Gasteiger partial charge on any atom is 0.410 e. The molecule has 0 spiro atoms. The second kappa shape index (κ2) is 8.52. The van der Waals surface area contributed by atoms with Crippen LogP contribution < -0.4 is 0 Å². The summed E-state index contributed by atoms with van der Waals surface area (Å²) < 4.78 is 5.46. The van der Waals surface area contributed by atoms with Gasteiger partial charge >= 0.3 is 6.09 Å². The monoisotopic (exact) mass is 361 g/mol. The minimum atomic E-state index is -0.528. The van der Waals surface area contributed by atoms with E-state index in [1.54, 1.807) is 17.3 Å². The van der Waals surface area contributed by atoms with Crippen molar-refractivity contribution in [1.82, 2.24) is 14.8 Å². The highest BCUT2D eigenvalue weighted by atomic mass is 16.6. The van der Waals surface area contributed by atoms with Crippen LogP contribution in [0.15, 0.2) is 24.5 Å². The van der Waals surface area contributed by atoms with E-state index in [4.69, 9.17) is 4.74 Å². The van der Waals surface area contributed by atoms with E-state index in [0.717, 1.165) is 18.4 Å². The molecule has 1 aliphatic heterocycles. The normalized spacial score (nSPS) is 17.9. The zero-order valence-corrected chi connectivity index (χ0v) is 16.6. The van der Waals surface area contributed by atoms with Crippen molar-refractivity contribution in [2.75, 3.05) is 13.1 Å². The van der Waals surface area contributed by atoms with Crippen molar-refractivity contribution in [3.8, 4) is 0 Å². The first-order valence-electron chi connectivity index (χ1n) is 9.34. The minimum Gasteiger partial charge on any atom is -0.444 e. The first-order chi connectivity index (χ1) is 12.2. The average Bonchev–Trinajstić information content (AvgIpc) is 2.58. The summed E-state index contributed by atoms with van der Waals surface area (Å²) in [5.41, 5.74) is 0.529. The number of carbonyl (C=O) groups is 2. The summed E-state index contributed by atoms with van der Waals surface area (Å²) in [7, 11) is 0. The van der Waals surface area contributed by atoms with Gasteiger partial charge in [0.2, 0.25) is 5.91 Å². The number of rotatable bonds is 4. The van der Waals surface area contributed by atoms with Crippen LogP contribution in [0, 0.1) is 5.92 Å². The van der Waals surface area contributed by atoms with Crippen molar-refractivity contribution < 1.29 is 14.3 Å². The third-order valence-corrected chi connectivity index (χ3v) is 4.43. The molecule has 0 N–H and O–H groups in total. The molecule has 0 unspecified atom stereocenters. The minimum absolute atomic E-state index is 0.0903. The maximum absolute atomic E-state index is 13.1. The molecule has 0 saturated carbocycles. The van der Waals surface area contributed by atoms with Gasteiger partial charge in [-0.1, -0.05) is 0 Å². The molecule has 0 radical (unpaired) electrons. The lowest BCUT2D eigenvalue weighted by Gasteiger charge is -2.37. The van der Waals surface area contributed by atoms with Gasteiger partial charge < -0.3 is 14.5 Å². The van der Waals surface area contributed by atoms with Crippen LogP contribution in [0.25, 0.3) is 0 Å². The predicted octanol–water partition coefficient (Wildman–Crippen LogP) is 3.47. The van der Waals surface area contributed by atoms with Gasteiger partial charge in [0.15, 0.2) is 0 Å². The van der Waals surface area contributed by atoms with Crippen LogP contribution in [0.2, 0.25) is 0 Å². The molecule has 2 amide bonds. The summed E-state index contributed by atoms with van der Waals surface area (Å²) in [6, 6.07) is 3.94. The third-order valence-electron chi connectivity index (χ3n) is 4.43. The highest BCUT2D eigenvalue weighted by Gasteiger charge is 2.33. The fourth-order valence-corrected chi connectivity index (χ4v) is 3.11. The summed E-state index contributed by atoms with van der Waals surface area (Å²) in [4.78, 5) is 33.1. The Morgan fingerprint density at radius 3 is 2.54 bits per heavy atom. The van der Waals surface area contributed by atoms with E-state index in [0.29, 0.717) is 19.6 Å². The number of hydrogen-bond acceptors (Lipinski definition) is 4. The van der Waals surface area contributed by atoms with Gasteiger partial charge in [-0.3, -0.25) is 9.78 Å². The maximum atomic E-state index is 13.1. The van der Waals surface area contributed by atoms with E-state index in [-0.39, 0.29) is 24.0 Å². The Balaban J connectivity index is 2.04. The quantitative estimate of drug-likeness (QED) is 0.824. The molecule has 2 heterocycles. The fourth-order valence-electron chi connectivity index (χ4n) is 3.11. The molecule has 1 atom stereocenters. The van der Waals surface area contributed by atoms with Gasteiger partial charge in [0.25, 0.3) is 0 Å². The first kappa shape index (κ1) is 20.2. The molecule has 6 nitrogen and oxygen atoms in total. The zero-order chi connectivity index (χ0) is 19.3. The lowest BCUT2D eigenvalue weighted by atomic mass is 9.96. The Bertz CT molecular complexity index is 610. The summed E-state index contributed by atoms with van der Waals surface area (Å²) in [6.45, 7) is 11.2. The number of nitrogens with zero attached hydrogens (tertiary/aromatic N) is 3. The Kier molecular flexibility index (Phi) is 6.62. The molecule has 1 aromatic rings. The predicted molar refractivity (Wildman–Crippen MR) is 100 cm³/mol. The second-order valence-corrected chi connectivity index (χ2v) is 8.18. The van der Waals surface area contributed by atoms with Crippen molar-refractivity contribution in [3.63, 3.8) is 0 Å². The summed E-state index contributed by atoms with van der Waals surface area (Å²) in [5, 5.41) is 0. The topological polar surface area (TPSA) is 62.7 Å². The van der Waals surface area contributed by atoms with Crippen LogP contribution in [-0.4, -0.2) is 51.5 Å². The van der Waals surface area contributed by atoms with Crippen LogP contribution in [0.4, 0.5) is 4.79 Å². The molecule has 1 aliphatic rings. The number of likely N-dealkylation sites (tertiary alicyclic amines) is 1. The zero-order valence-electron chi connectivity index (χ0n) is 16.6. The van der Waals surface area contributed by atoms with Crippen molar-refractivity contribution in [2.45, 2.75) is 65.6 Å². The molecule has 26 heavy (non-hydrogen) atoms. The van der Waals surface area contributed by atoms with E-state index in [1.165, 1.54) is 0 Å². The number of pyridine rings is 1. The van der Waals surface area contributed by atoms with E-state index >= 15 is 0 Å². The molecule has 6 heteroatoms. The molecule has 0 aliphatic carbocycles. The molecule has 1 saturated heterocycles. The second-order valence-electron chi connectivity index (χ2n) is 8.18. The number of carbonyl (C=O) groups excluding carboxylic acids is 2. The lowest BCUT2D eigenvalue weighted by molar-refractivity contribution is -0.139. The number of ether oxygens (including phenoxy) is 1. The van der Waals surface area contributed by atoms with Crippen LogP contribution in [0.3, 0.4) is 0 Å². The summed E-state index contributed by atoms with van der Waals surface area (Å²) >= 11 is 0. The fraction of sp³-hybridized carbons (Fsp3) is 0.650. The lowest BCUT2D eigenvalue weighted by Crippen LogP contribution is -2.49. The van der Waals surface area contributed by atoms with Crippen molar-refractivity contribution in [1.29, 1.82) is 0 Å². The van der Waals surface area contributed by atoms with Gasteiger partial charge in [0, 0.05) is 38.1 Å². The van der Waals surface area contributed by atoms with Gasteiger partial charge in [0.05, 0.1) is 5.92 Å². The first-order valence-corrected chi connectivity index (χ1v) is 9.34. The number of aromatic nitrogens is 1. The molecule has 1 aromatic heterocycles. The van der Waals surface area contributed by atoms with Gasteiger partial charge in [-0.15, -0.1) is 0 Å². The molecule has 144 valence electrons. The molecule has 1 fully saturated rings. The van der Waals surface area contributed by atoms with E-state index in [2.05, 4.69) is 4.98 Å². The van der Waals surface area contributed by atoms with E-state index in [1.807, 2.05) is 51.7 Å². The number of hydrogen-bond donors (Lipinski definition) is 0. The molecule has 0 aromatic carbocycles. The standard InChI is InChI=1S/C20H31N3O3/c1-15(2)23(13-16-8-10-21-11-9-16)18(24)17-7-6-12-22(14-17)19(25)26-20(3,4)5/h8-11,15,17H,6-7,12-14H2,1-5H3/t17-/m1/s1. The van der Waals surface area contributed by atoms with Gasteiger partial charge in [-0.25, -0.2) is 4.79 Å². The Hall–Kier alpha value is -2.11. The van der Waals surface area contributed by atoms with E-state index < -0.39 is 5.60 Å². The van der Waals surface area contributed by atoms with Crippen LogP contribution >= 0.6 is 0 Å². The van der Waals surface area contributed by atoms with Crippen LogP contribution in [0.5, 0.6) is 0 Å². The van der Waals surface area contributed by atoms with Crippen molar-refractivity contribution in [3.05, 3.63) is 30.1 Å². The molecular weight excluding hydrogens is 330 g/mol. The summed E-state index contributed by atoms with van der Waals surface area (Å²) in [5.74, 6) is -0.0782. The Labute approximate surface area is 156 Å². The highest BCUT2D eigenvalue weighted by Crippen LogP contribution is 2.23.